The van der Waals surface area contributed by atoms with E-state index in [0.717, 1.165) is 5.56 Å². The van der Waals surface area contributed by atoms with Crippen LogP contribution in [-0.4, -0.2) is 90.2 Å². The fourth-order valence-electron chi connectivity index (χ4n) is 8.61. The Morgan fingerprint density at radius 2 is 1.56 bits per heavy atom. The number of carbonyl (C=O) groups is 4. The molecule has 0 saturated heterocycles. The Morgan fingerprint density at radius 3 is 2.10 bits per heavy atom. The molecule has 1 aromatic rings. The van der Waals surface area contributed by atoms with Crippen molar-refractivity contribution < 1.29 is 48.3 Å². The number of benzene rings is 1. The predicted molar refractivity (Wildman–Crippen MR) is 176 cm³/mol. The van der Waals surface area contributed by atoms with Crippen molar-refractivity contribution >= 4 is 23.9 Å². The van der Waals surface area contributed by atoms with Crippen LogP contribution in [0.25, 0.3) is 0 Å². The van der Waals surface area contributed by atoms with Crippen LogP contribution in [0.15, 0.2) is 53.6 Å². The maximum Gasteiger partial charge on any atom is 0.308 e. The lowest BCUT2D eigenvalue weighted by molar-refractivity contribution is -0.201. The molecule has 10 atom stereocenters. The van der Waals surface area contributed by atoms with Crippen LogP contribution in [0.3, 0.4) is 0 Å². The predicted octanol–water partition coefficient (Wildman–Crippen LogP) is 4.07. The summed E-state index contributed by atoms with van der Waals surface area (Å²) in [6.45, 7) is 13.1. The zero-order valence-corrected chi connectivity index (χ0v) is 29.4. The second kappa shape index (κ2) is 14.5. The van der Waals surface area contributed by atoms with Gasteiger partial charge in [0.2, 0.25) is 0 Å². The van der Waals surface area contributed by atoms with Gasteiger partial charge in [-0.1, -0.05) is 50.8 Å². The first-order valence-corrected chi connectivity index (χ1v) is 16.6. The summed E-state index contributed by atoms with van der Waals surface area (Å²) in [6.07, 6.45) is -4.19. The Balaban J connectivity index is 1.81. The minimum Gasteiger partial charge on any atom is -0.458 e. The minimum atomic E-state index is -1.21. The number of fused-ring (bicyclic) bond motifs is 3. The maximum atomic E-state index is 13.5. The van der Waals surface area contributed by atoms with E-state index in [-0.39, 0.29) is 18.9 Å². The van der Waals surface area contributed by atoms with Gasteiger partial charge in [0.05, 0.1) is 19.1 Å². The molecule has 11 heteroatoms. The highest BCUT2D eigenvalue weighted by Gasteiger charge is 2.64. The van der Waals surface area contributed by atoms with Crippen LogP contribution < -0.4 is 0 Å². The van der Waals surface area contributed by atoms with E-state index in [1.165, 1.54) is 20.8 Å². The first-order chi connectivity index (χ1) is 22.5. The lowest BCUT2D eigenvalue weighted by Gasteiger charge is -2.60. The van der Waals surface area contributed by atoms with Gasteiger partial charge in [0, 0.05) is 49.5 Å². The molecule has 0 spiro atoms. The van der Waals surface area contributed by atoms with Crippen LogP contribution in [0, 0.1) is 22.7 Å². The van der Waals surface area contributed by atoms with Crippen molar-refractivity contribution in [2.75, 3.05) is 20.7 Å². The Morgan fingerprint density at radius 1 is 0.958 bits per heavy atom. The largest absolute Gasteiger partial charge is 0.458 e. The summed E-state index contributed by atoms with van der Waals surface area (Å²) >= 11 is 0. The van der Waals surface area contributed by atoms with Crippen molar-refractivity contribution in [1.29, 1.82) is 0 Å². The van der Waals surface area contributed by atoms with Crippen molar-refractivity contribution in [3.8, 4) is 0 Å². The van der Waals surface area contributed by atoms with Gasteiger partial charge in [-0.25, -0.2) is 0 Å². The number of ether oxygens (including phenoxy) is 4. The summed E-state index contributed by atoms with van der Waals surface area (Å²) in [7, 11) is 3.79. The van der Waals surface area contributed by atoms with Gasteiger partial charge in [-0.15, -0.1) is 0 Å². The molecular formula is C37H51NO10. The van der Waals surface area contributed by atoms with Crippen LogP contribution in [0.5, 0.6) is 0 Å². The third kappa shape index (κ3) is 7.09. The summed E-state index contributed by atoms with van der Waals surface area (Å²) in [4.78, 5) is 53.1. The highest BCUT2D eigenvalue weighted by atomic mass is 16.6. The zero-order chi connectivity index (χ0) is 35.7. The first kappa shape index (κ1) is 37.3. The van der Waals surface area contributed by atoms with Crippen LogP contribution in [0.2, 0.25) is 0 Å². The summed E-state index contributed by atoms with van der Waals surface area (Å²) in [5.41, 5.74) is 0.180. The Bertz CT molecular complexity index is 1440. The molecule has 264 valence electrons. The van der Waals surface area contributed by atoms with E-state index in [2.05, 4.69) is 6.58 Å². The topological polar surface area (TPSA) is 149 Å². The number of nitrogens with zero attached hydrogens (tertiary/aromatic N) is 1. The molecule has 2 saturated carbocycles. The van der Waals surface area contributed by atoms with Crippen LogP contribution in [0.4, 0.5) is 0 Å². The van der Waals surface area contributed by atoms with Gasteiger partial charge < -0.3 is 34.1 Å². The van der Waals surface area contributed by atoms with Crippen molar-refractivity contribution in [3.63, 3.8) is 0 Å². The summed E-state index contributed by atoms with van der Waals surface area (Å²) < 4.78 is 23.9. The number of carbonyl (C=O) groups excluding carboxylic acids is 4. The summed E-state index contributed by atoms with van der Waals surface area (Å²) in [6, 6.07) is 9.43. The highest BCUT2D eigenvalue weighted by molar-refractivity contribution is 5.71. The highest BCUT2D eigenvalue weighted by Crippen LogP contribution is 2.60. The Kier molecular flexibility index (Phi) is 11.3. The first-order valence-electron chi connectivity index (χ1n) is 16.6. The van der Waals surface area contributed by atoms with E-state index in [1.54, 1.807) is 13.8 Å². The normalized spacial score (nSPS) is 33.9. The smallest absolute Gasteiger partial charge is 0.308 e. The number of aliphatic hydroxyl groups is 2. The fourth-order valence-corrected chi connectivity index (χ4v) is 8.61. The number of aliphatic hydroxyl groups excluding tert-OH is 2. The third-order valence-electron chi connectivity index (χ3n) is 10.9. The average molecular weight is 670 g/mol. The molecule has 3 aliphatic carbocycles. The molecular weight excluding hydrogens is 618 g/mol. The van der Waals surface area contributed by atoms with Crippen molar-refractivity contribution in [1.82, 2.24) is 4.90 Å². The van der Waals surface area contributed by atoms with Crippen molar-refractivity contribution in [2.24, 2.45) is 22.7 Å². The van der Waals surface area contributed by atoms with Crippen molar-refractivity contribution in [3.05, 3.63) is 59.2 Å². The van der Waals surface area contributed by atoms with E-state index in [9.17, 15) is 29.4 Å². The molecule has 1 aromatic carbocycles. The van der Waals surface area contributed by atoms with E-state index in [1.807, 2.05) is 56.3 Å². The van der Waals surface area contributed by atoms with Crippen molar-refractivity contribution in [2.45, 2.75) is 104 Å². The molecule has 0 radical (unpaired) electrons. The molecule has 4 rings (SSSR count). The fraction of sp³-hybridized carbons (Fsp3) is 0.622. The summed E-state index contributed by atoms with van der Waals surface area (Å²) in [5.74, 6) is -3.79. The lowest BCUT2D eigenvalue weighted by Crippen LogP contribution is -2.64. The van der Waals surface area contributed by atoms with E-state index in [4.69, 9.17) is 18.9 Å². The van der Waals surface area contributed by atoms with E-state index < -0.39 is 83.7 Å². The van der Waals surface area contributed by atoms with Gasteiger partial charge in [-0.3, -0.25) is 19.2 Å². The van der Waals surface area contributed by atoms with Gasteiger partial charge in [-0.05, 0) is 62.6 Å². The quantitative estimate of drug-likeness (QED) is 0.223. The van der Waals surface area contributed by atoms with Gasteiger partial charge in [0.25, 0.3) is 0 Å². The third-order valence-corrected chi connectivity index (χ3v) is 10.9. The number of hydrogen-bond acceptors (Lipinski definition) is 11. The lowest BCUT2D eigenvalue weighted by atomic mass is 9.49. The van der Waals surface area contributed by atoms with E-state index in [0.29, 0.717) is 29.6 Å². The molecule has 0 aromatic heterocycles. The Labute approximate surface area is 283 Å². The molecule has 3 aliphatic rings. The number of hydrogen-bond donors (Lipinski definition) is 2. The van der Waals surface area contributed by atoms with Crippen LogP contribution in [0.1, 0.15) is 78.8 Å². The van der Waals surface area contributed by atoms with Gasteiger partial charge in [0.15, 0.2) is 6.10 Å². The molecule has 2 N–H and O–H groups in total. The van der Waals surface area contributed by atoms with Crippen LogP contribution >= 0.6 is 0 Å². The molecule has 2 fully saturated rings. The van der Waals surface area contributed by atoms with E-state index >= 15 is 0 Å². The molecule has 48 heavy (non-hydrogen) atoms. The van der Waals surface area contributed by atoms with Gasteiger partial charge in [0.1, 0.15) is 18.3 Å². The average Bonchev–Trinajstić information content (AvgIpc) is 3.00. The minimum absolute atomic E-state index is 0.0819. The maximum absolute atomic E-state index is 13.5. The number of esters is 4. The second-order valence-electron chi connectivity index (χ2n) is 14.3. The van der Waals surface area contributed by atoms with Gasteiger partial charge >= 0.3 is 23.9 Å². The van der Waals surface area contributed by atoms with Crippen LogP contribution in [-0.2, 0) is 38.1 Å². The Hall–Kier alpha value is -3.54. The SMILES string of the molecule is C=C1[C@@H](OC(=O)CC(c2ccccc2)N(C)C)CC[C@@]2(C)[C@@H](OC(C)=O)[C@H](OC(C)=O)C3=C(C)[C@@H](OC(C)=O)C[C@@H]([C@@H](O)[C@H]12)[C@@]3(C)CO. The molecule has 1 unspecified atom stereocenters. The monoisotopic (exact) mass is 669 g/mol. The number of rotatable bonds is 9. The zero-order valence-electron chi connectivity index (χ0n) is 29.4. The molecule has 0 aliphatic heterocycles. The molecule has 11 nitrogen and oxygen atoms in total. The second-order valence-corrected chi connectivity index (χ2v) is 14.3. The molecule has 0 heterocycles. The molecule has 2 bridgehead atoms. The van der Waals surface area contributed by atoms with Gasteiger partial charge in [-0.2, -0.15) is 0 Å². The molecule has 0 amide bonds. The standard InChI is InChI=1S/C37H51NO10/c1-20-28(48-30(43)18-27(38(8)9)25-13-11-10-12-14-25)15-16-36(6)31(20)33(44)26-17-29(45-22(3)40)21(2)32(37(26,7)19-39)34(46-23(4)41)35(36)47-24(5)42/h10-14,26-29,31,33-35,39,44H,1,15-19H2,2-9H3/t26-,27?,28-,29-,31-,33+,34+,35-,36+,37+/m0/s1. The summed E-state index contributed by atoms with van der Waals surface area (Å²) in [5, 5.41) is 23.5.